The molecule has 0 aliphatic carbocycles. The van der Waals surface area contributed by atoms with Crippen LogP contribution in [0.2, 0.25) is 0 Å². The van der Waals surface area contributed by atoms with E-state index in [0.29, 0.717) is 16.9 Å². The second-order valence-electron chi connectivity index (χ2n) is 2.94. The van der Waals surface area contributed by atoms with Gasteiger partial charge in [0.2, 0.25) is 0 Å². The van der Waals surface area contributed by atoms with Gasteiger partial charge in [0.15, 0.2) is 0 Å². The van der Waals surface area contributed by atoms with Crippen LogP contribution in [0, 0.1) is 5.82 Å². The van der Waals surface area contributed by atoms with Crippen LogP contribution in [0.1, 0.15) is 0 Å². The van der Waals surface area contributed by atoms with Crippen LogP contribution in [0.4, 0.5) is 4.39 Å². The van der Waals surface area contributed by atoms with Crippen molar-refractivity contribution in [3.05, 3.63) is 42.7 Å². The van der Waals surface area contributed by atoms with Gasteiger partial charge in [-0.05, 0) is 12.1 Å². The van der Waals surface area contributed by atoms with Gasteiger partial charge in [0.05, 0.1) is 12.7 Å². The number of nitrogens with zero attached hydrogens (tertiary/aromatic N) is 2. The van der Waals surface area contributed by atoms with Crippen molar-refractivity contribution >= 4 is 0 Å². The fourth-order valence-electron chi connectivity index (χ4n) is 1.38. The lowest BCUT2D eigenvalue weighted by Gasteiger charge is -2.08. The Morgan fingerprint density at radius 1 is 1.20 bits per heavy atom. The summed E-state index contributed by atoms with van der Waals surface area (Å²) in [5.74, 6) is 0.133. The van der Waals surface area contributed by atoms with E-state index in [-0.39, 0.29) is 5.82 Å². The first-order valence-corrected chi connectivity index (χ1v) is 4.41. The predicted molar refractivity (Wildman–Crippen MR) is 54.0 cm³/mol. The molecule has 0 fully saturated rings. The van der Waals surface area contributed by atoms with Gasteiger partial charge in [0, 0.05) is 18.0 Å². The third kappa shape index (κ3) is 1.79. The minimum absolute atomic E-state index is 0.343. The van der Waals surface area contributed by atoms with Gasteiger partial charge in [0.1, 0.15) is 17.9 Å². The quantitative estimate of drug-likeness (QED) is 0.752. The lowest BCUT2D eigenvalue weighted by molar-refractivity contribution is 0.413. The van der Waals surface area contributed by atoms with Crippen molar-refractivity contribution in [2.24, 2.45) is 0 Å². The molecule has 1 aromatic carbocycles. The van der Waals surface area contributed by atoms with Crippen molar-refractivity contribution in [2.45, 2.75) is 0 Å². The van der Waals surface area contributed by atoms with Crippen LogP contribution < -0.4 is 4.74 Å². The molecule has 4 heteroatoms. The van der Waals surface area contributed by atoms with Crippen molar-refractivity contribution < 1.29 is 9.13 Å². The highest BCUT2D eigenvalue weighted by molar-refractivity contribution is 5.69. The summed E-state index contributed by atoms with van der Waals surface area (Å²) in [5, 5.41) is 0. The summed E-state index contributed by atoms with van der Waals surface area (Å²) >= 11 is 0. The van der Waals surface area contributed by atoms with E-state index >= 15 is 0 Å². The highest BCUT2D eigenvalue weighted by atomic mass is 19.1. The molecule has 0 saturated carbocycles. The number of ether oxygens (including phenoxy) is 1. The van der Waals surface area contributed by atoms with E-state index in [9.17, 15) is 4.39 Å². The average Bonchev–Trinajstić information content (AvgIpc) is 2.29. The molecular weight excluding hydrogens is 195 g/mol. The van der Waals surface area contributed by atoms with Crippen molar-refractivity contribution in [2.75, 3.05) is 7.11 Å². The molecule has 0 unspecified atom stereocenters. The van der Waals surface area contributed by atoms with E-state index in [1.807, 2.05) is 0 Å². The molecular formula is C11H9FN2O. The molecule has 3 nitrogen and oxygen atoms in total. The van der Waals surface area contributed by atoms with Crippen molar-refractivity contribution in [1.82, 2.24) is 9.97 Å². The summed E-state index contributed by atoms with van der Waals surface area (Å²) in [4.78, 5) is 7.69. The van der Waals surface area contributed by atoms with Crippen LogP contribution in [-0.2, 0) is 0 Å². The third-order valence-corrected chi connectivity index (χ3v) is 2.04. The molecule has 0 aliphatic heterocycles. The smallest absolute Gasteiger partial charge is 0.134 e. The Labute approximate surface area is 86.6 Å². The molecule has 0 atom stereocenters. The molecule has 0 amide bonds. The molecule has 0 aliphatic rings. The van der Waals surface area contributed by atoms with Crippen LogP contribution in [0.3, 0.4) is 0 Å². The second kappa shape index (κ2) is 4.04. The van der Waals surface area contributed by atoms with Crippen LogP contribution in [-0.4, -0.2) is 17.1 Å². The van der Waals surface area contributed by atoms with Crippen molar-refractivity contribution in [3.63, 3.8) is 0 Å². The Morgan fingerprint density at radius 3 is 2.60 bits per heavy atom. The molecule has 1 aromatic heterocycles. The van der Waals surface area contributed by atoms with Gasteiger partial charge in [-0.3, -0.25) is 0 Å². The number of halogens is 1. The van der Waals surface area contributed by atoms with E-state index in [1.165, 1.54) is 19.5 Å². The standard InChI is InChI=1S/C11H9FN2O/c1-15-10-4-2-3-9(12)11(10)8-5-13-7-14-6-8/h2-7H,1H3. The molecule has 2 aromatic rings. The van der Waals surface area contributed by atoms with Gasteiger partial charge in [-0.2, -0.15) is 0 Å². The molecule has 1 heterocycles. The maximum absolute atomic E-state index is 13.6. The maximum Gasteiger partial charge on any atom is 0.134 e. The Morgan fingerprint density at radius 2 is 1.93 bits per heavy atom. The van der Waals surface area contributed by atoms with Crippen LogP contribution in [0.15, 0.2) is 36.9 Å². The Bertz CT molecular complexity index is 459. The lowest BCUT2D eigenvalue weighted by Crippen LogP contribution is -1.92. The lowest BCUT2D eigenvalue weighted by atomic mass is 10.1. The second-order valence-corrected chi connectivity index (χ2v) is 2.94. The fraction of sp³-hybridized carbons (Fsp3) is 0.0909. The zero-order valence-electron chi connectivity index (χ0n) is 8.14. The van der Waals surface area contributed by atoms with Crippen LogP contribution in [0.25, 0.3) is 11.1 Å². The van der Waals surface area contributed by atoms with E-state index in [4.69, 9.17) is 4.74 Å². The minimum atomic E-state index is -0.343. The summed E-state index contributed by atoms with van der Waals surface area (Å²) in [7, 11) is 1.50. The molecule has 0 spiro atoms. The zero-order chi connectivity index (χ0) is 10.7. The SMILES string of the molecule is COc1cccc(F)c1-c1cncnc1. The molecule has 0 N–H and O–H groups in total. The summed E-state index contributed by atoms with van der Waals surface area (Å²) in [6, 6.07) is 4.68. The van der Waals surface area contributed by atoms with Crippen LogP contribution >= 0.6 is 0 Å². The monoisotopic (exact) mass is 204 g/mol. The first kappa shape index (κ1) is 9.58. The molecule has 2 rings (SSSR count). The highest BCUT2D eigenvalue weighted by Gasteiger charge is 2.11. The number of rotatable bonds is 2. The van der Waals surface area contributed by atoms with Gasteiger partial charge < -0.3 is 4.74 Å². The summed E-state index contributed by atoms with van der Waals surface area (Å²) in [6.45, 7) is 0. The van der Waals surface area contributed by atoms with E-state index in [0.717, 1.165) is 0 Å². The number of benzene rings is 1. The van der Waals surface area contributed by atoms with Gasteiger partial charge in [0.25, 0.3) is 0 Å². The largest absolute Gasteiger partial charge is 0.496 e. The van der Waals surface area contributed by atoms with E-state index in [2.05, 4.69) is 9.97 Å². The molecule has 15 heavy (non-hydrogen) atoms. The normalized spacial score (nSPS) is 10.0. The van der Waals surface area contributed by atoms with Gasteiger partial charge >= 0.3 is 0 Å². The summed E-state index contributed by atoms with van der Waals surface area (Å²) in [5.41, 5.74) is 0.994. The predicted octanol–water partition coefficient (Wildman–Crippen LogP) is 2.29. The van der Waals surface area contributed by atoms with E-state index < -0.39 is 0 Å². The summed E-state index contributed by atoms with van der Waals surface area (Å²) < 4.78 is 18.7. The topological polar surface area (TPSA) is 35.0 Å². The fourth-order valence-corrected chi connectivity index (χ4v) is 1.38. The average molecular weight is 204 g/mol. The summed E-state index contributed by atoms with van der Waals surface area (Å²) in [6.07, 6.45) is 4.50. The zero-order valence-corrected chi connectivity index (χ0v) is 8.14. The Balaban J connectivity index is 2.61. The highest BCUT2D eigenvalue weighted by Crippen LogP contribution is 2.31. The Hall–Kier alpha value is -1.97. The van der Waals surface area contributed by atoms with E-state index in [1.54, 1.807) is 24.5 Å². The number of methoxy groups -OCH3 is 1. The number of aromatic nitrogens is 2. The van der Waals surface area contributed by atoms with Gasteiger partial charge in [-0.25, -0.2) is 14.4 Å². The van der Waals surface area contributed by atoms with Crippen LogP contribution in [0.5, 0.6) is 5.75 Å². The molecule has 0 radical (unpaired) electrons. The number of hydrogen-bond donors (Lipinski definition) is 0. The Kier molecular flexibility index (Phi) is 2.58. The molecule has 76 valence electrons. The first-order chi connectivity index (χ1) is 7.33. The van der Waals surface area contributed by atoms with Crippen molar-refractivity contribution in [3.8, 4) is 16.9 Å². The molecule has 0 bridgehead atoms. The first-order valence-electron chi connectivity index (χ1n) is 4.41. The van der Waals surface area contributed by atoms with Gasteiger partial charge in [-0.1, -0.05) is 6.07 Å². The van der Waals surface area contributed by atoms with Crippen molar-refractivity contribution in [1.29, 1.82) is 0 Å². The minimum Gasteiger partial charge on any atom is -0.496 e. The third-order valence-electron chi connectivity index (χ3n) is 2.04. The number of hydrogen-bond acceptors (Lipinski definition) is 3. The molecule has 0 saturated heterocycles. The van der Waals surface area contributed by atoms with Gasteiger partial charge in [-0.15, -0.1) is 0 Å². The maximum atomic E-state index is 13.6.